The quantitative estimate of drug-likeness (QED) is 0.847. The summed E-state index contributed by atoms with van der Waals surface area (Å²) < 4.78 is 0. The van der Waals surface area contributed by atoms with Gasteiger partial charge in [-0.25, -0.2) is 0 Å². The van der Waals surface area contributed by atoms with Crippen LogP contribution in [0.5, 0.6) is 0 Å². The molecule has 1 amide bonds. The Hall–Kier alpha value is -1.35. The molecule has 1 fully saturated rings. The standard InChI is InChI=1S/C16H20ClNO2/c17-11-16(20)18-14(12-6-2-1-3-7-12)10-13-8-4-5-9-15(13)19/h1-3,6-7,13-14H,4-5,8-11H2,(H,18,20). The molecule has 1 N–H and O–H groups in total. The largest absolute Gasteiger partial charge is 0.348 e. The van der Waals surface area contributed by atoms with E-state index in [4.69, 9.17) is 11.6 Å². The van der Waals surface area contributed by atoms with Crippen molar-refractivity contribution in [2.24, 2.45) is 5.92 Å². The summed E-state index contributed by atoms with van der Waals surface area (Å²) in [5.41, 5.74) is 1.03. The number of hydrogen-bond acceptors (Lipinski definition) is 2. The third-order valence-corrected chi connectivity index (χ3v) is 4.10. The lowest BCUT2D eigenvalue weighted by molar-refractivity contribution is -0.126. The highest BCUT2D eigenvalue weighted by molar-refractivity contribution is 6.27. The summed E-state index contributed by atoms with van der Waals surface area (Å²) in [6.45, 7) is 0. The zero-order valence-electron chi connectivity index (χ0n) is 11.5. The van der Waals surface area contributed by atoms with Crippen molar-refractivity contribution in [3.63, 3.8) is 0 Å². The molecule has 0 aromatic heterocycles. The van der Waals surface area contributed by atoms with Crippen LogP contribution in [0.2, 0.25) is 0 Å². The zero-order valence-corrected chi connectivity index (χ0v) is 12.2. The van der Waals surface area contributed by atoms with Crippen LogP contribution < -0.4 is 5.32 Å². The highest BCUT2D eigenvalue weighted by Crippen LogP contribution is 2.29. The molecule has 0 spiro atoms. The van der Waals surface area contributed by atoms with Gasteiger partial charge in [0.2, 0.25) is 5.91 Å². The van der Waals surface area contributed by atoms with Crippen LogP contribution in [0, 0.1) is 5.92 Å². The normalized spacial score (nSPS) is 20.4. The summed E-state index contributed by atoms with van der Waals surface area (Å²) in [6.07, 6.45) is 4.38. The summed E-state index contributed by atoms with van der Waals surface area (Å²) in [5, 5.41) is 2.93. The second-order valence-electron chi connectivity index (χ2n) is 5.31. The maximum Gasteiger partial charge on any atom is 0.235 e. The fourth-order valence-corrected chi connectivity index (χ4v) is 2.86. The van der Waals surface area contributed by atoms with Gasteiger partial charge in [0.05, 0.1) is 6.04 Å². The predicted octanol–water partition coefficient (Wildman–Crippen LogP) is 3.23. The molecule has 0 radical (unpaired) electrons. The minimum Gasteiger partial charge on any atom is -0.348 e. The Morgan fingerprint density at radius 1 is 1.30 bits per heavy atom. The molecule has 3 nitrogen and oxygen atoms in total. The number of amides is 1. The second-order valence-corrected chi connectivity index (χ2v) is 5.58. The van der Waals surface area contributed by atoms with E-state index in [0.29, 0.717) is 18.6 Å². The molecular weight excluding hydrogens is 274 g/mol. The van der Waals surface area contributed by atoms with Crippen molar-refractivity contribution in [2.75, 3.05) is 5.88 Å². The molecule has 4 heteroatoms. The van der Waals surface area contributed by atoms with Gasteiger partial charge in [0.15, 0.2) is 0 Å². The first kappa shape index (κ1) is 15.0. The van der Waals surface area contributed by atoms with Gasteiger partial charge >= 0.3 is 0 Å². The molecule has 2 rings (SSSR count). The summed E-state index contributed by atoms with van der Waals surface area (Å²) >= 11 is 5.58. The average molecular weight is 294 g/mol. The lowest BCUT2D eigenvalue weighted by Crippen LogP contribution is -2.33. The Labute approximate surface area is 124 Å². The molecule has 1 aromatic carbocycles. The topological polar surface area (TPSA) is 46.2 Å². The molecule has 0 bridgehead atoms. The Kier molecular flexibility index (Phi) is 5.60. The Morgan fingerprint density at radius 2 is 2.05 bits per heavy atom. The molecule has 20 heavy (non-hydrogen) atoms. The number of rotatable bonds is 5. The number of halogens is 1. The molecule has 2 atom stereocenters. The van der Waals surface area contributed by atoms with E-state index < -0.39 is 0 Å². The van der Waals surface area contributed by atoms with Crippen LogP contribution >= 0.6 is 11.6 Å². The molecule has 2 unspecified atom stereocenters. The zero-order chi connectivity index (χ0) is 14.4. The van der Waals surface area contributed by atoms with E-state index >= 15 is 0 Å². The van der Waals surface area contributed by atoms with Crippen molar-refractivity contribution in [3.05, 3.63) is 35.9 Å². The van der Waals surface area contributed by atoms with E-state index in [2.05, 4.69) is 5.32 Å². The van der Waals surface area contributed by atoms with E-state index in [1.54, 1.807) is 0 Å². The smallest absolute Gasteiger partial charge is 0.235 e. The van der Waals surface area contributed by atoms with E-state index in [-0.39, 0.29) is 23.7 Å². The Morgan fingerprint density at radius 3 is 2.70 bits per heavy atom. The van der Waals surface area contributed by atoms with Crippen molar-refractivity contribution < 1.29 is 9.59 Å². The number of Topliss-reactive ketones (excluding diaryl/α,β-unsaturated/α-hetero) is 1. The number of hydrogen-bond donors (Lipinski definition) is 1. The number of carbonyl (C=O) groups excluding carboxylic acids is 2. The number of alkyl halides is 1. The summed E-state index contributed by atoms with van der Waals surface area (Å²) in [6, 6.07) is 9.65. The first-order valence-electron chi connectivity index (χ1n) is 7.13. The molecule has 1 aromatic rings. The number of carbonyl (C=O) groups is 2. The molecule has 0 saturated heterocycles. The van der Waals surface area contributed by atoms with Crippen molar-refractivity contribution in [2.45, 2.75) is 38.1 Å². The number of nitrogens with one attached hydrogen (secondary N) is 1. The molecule has 1 aliphatic carbocycles. The van der Waals surface area contributed by atoms with Gasteiger partial charge in [0, 0.05) is 12.3 Å². The van der Waals surface area contributed by atoms with Crippen LogP contribution in [-0.4, -0.2) is 17.6 Å². The SMILES string of the molecule is O=C(CCl)NC(CC1CCCCC1=O)c1ccccc1. The molecule has 1 aliphatic rings. The summed E-state index contributed by atoms with van der Waals surface area (Å²) in [5.74, 6) is 0.146. The second kappa shape index (κ2) is 7.44. The van der Waals surface area contributed by atoms with Gasteiger partial charge in [-0.2, -0.15) is 0 Å². The van der Waals surface area contributed by atoms with E-state index in [1.165, 1.54) is 0 Å². The van der Waals surface area contributed by atoms with Crippen molar-refractivity contribution >= 4 is 23.3 Å². The maximum absolute atomic E-state index is 12.0. The van der Waals surface area contributed by atoms with Crippen LogP contribution in [0.3, 0.4) is 0 Å². The van der Waals surface area contributed by atoms with Gasteiger partial charge in [0.1, 0.15) is 11.7 Å². The Balaban J connectivity index is 2.09. The van der Waals surface area contributed by atoms with E-state index in [9.17, 15) is 9.59 Å². The monoisotopic (exact) mass is 293 g/mol. The minimum absolute atomic E-state index is 0.0536. The van der Waals surface area contributed by atoms with Crippen LogP contribution in [-0.2, 0) is 9.59 Å². The van der Waals surface area contributed by atoms with E-state index in [1.807, 2.05) is 30.3 Å². The van der Waals surface area contributed by atoms with Crippen LogP contribution in [0.25, 0.3) is 0 Å². The van der Waals surface area contributed by atoms with Gasteiger partial charge in [-0.3, -0.25) is 9.59 Å². The highest BCUT2D eigenvalue weighted by atomic mass is 35.5. The predicted molar refractivity (Wildman–Crippen MR) is 79.6 cm³/mol. The van der Waals surface area contributed by atoms with Crippen molar-refractivity contribution in [1.82, 2.24) is 5.32 Å². The van der Waals surface area contributed by atoms with Gasteiger partial charge < -0.3 is 5.32 Å². The molecule has 108 valence electrons. The van der Waals surface area contributed by atoms with Crippen LogP contribution in [0.4, 0.5) is 0 Å². The van der Waals surface area contributed by atoms with Gasteiger partial charge in [-0.05, 0) is 24.8 Å². The van der Waals surface area contributed by atoms with Crippen LogP contribution in [0.1, 0.15) is 43.7 Å². The third kappa shape index (κ3) is 4.07. The minimum atomic E-state index is -0.191. The van der Waals surface area contributed by atoms with Gasteiger partial charge in [-0.15, -0.1) is 11.6 Å². The summed E-state index contributed by atoms with van der Waals surface area (Å²) in [7, 11) is 0. The highest BCUT2D eigenvalue weighted by Gasteiger charge is 2.26. The average Bonchev–Trinajstić information content (AvgIpc) is 2.49. The van der Waals surface area contributed by atoms with Crippen LogP contribution in [0.15, 0.2) is 30.3 Å². The number of benzene rings is 1. The summed E-state index contributed by atoms with van der Waals surface area (Å²) in [4.78, 5) is 23.6. The Bertz CT molecular complexity index is 461. The lowest BCUT2D eigenvalue weighted by atomic mass is 9.82. The fourth-order valence-electron chi connectivity index (χ4n) is 2.79. The van der Waals surface area contributed by atoms with Gasteiger partial charge in [0.25, 0.3) is 0 Å². The lowest BCUT2D eigenvalue weighted by Gasteiger charge is -2.26. The van der Waals surface area contributed by atoms with Crippen molar-refractivity contribution in [3.8, 4) is 0 Å². The number of ketones is 1. The third-order valence-electron chi connectivity index (χ3n) is 3.86. The fraction of sp³-hybridized carbons (Fsp3) is 0.500. The molecule has 1 saturated carbocycles. The maximum atomic E-state index is 12.0. The van der Waals surface area contributed by atoms with Gasteiger partial charge in [-0.1, -0.05) is 36.8 Å². The van der Waals surface area contributed by atoms with E-state index in [0.717, 1.165) is 24.8 Å². The molecule has 0 aliphatic heterocycles. The first-order valence-corrected chi connectivity index (χ1v) is 7.67. The first-order chi connectivity index (χ1) is 9.70. The van der Waals surface area contributed by atoms with Crippen molar-refractivity contribution in [1.29, 1.82) is 0 Å². The molecular formula is C16H20ClNO2. The molecule has 0 heterocycles.